The van der Waals surface area contributed by atoms with Crippen LogP contribution in [0.2, 0.25) is 0 Å². The van der Waals surface area contributed by atoms with E-state index in [9.17, 15) is 4.79 Å². The molecule has 1 amide bonds. The summed E-state index contributed by atoms with van der Waals surface area (Å²) in [5, 5.41) is 7.87. The molecule has 0 atom stereocenters. The van der Waals surface area contributed by atoms with E-state index in [1.807, 2.05) is 24.3 Å². The van der Waals surface area contributed by atoms with E-state index in [0.29, 0.717) is 5.69 Å². The number of aromatic nitrogens is 1. The van der Waals surface area contributed by atoms with Gasteiger partial charge in [-0.3, -0.25) is 4.79 Å². The summed E-state index contributed by atoms with van der Waals surface area (Å²) in [6.07, 6.45) is 1.56. The first kappa shape index (κ1) is 14.2. The molecule has 4 aromatic rings. The Labute approximate surface area is 138 Å². The van der Waals surface area contributed by atoms with Gasteiger partial charge in [-0.1, -0.05) is 36.4 Å². The molecule has 0 spiro atoms. The Morgan fingerprint density at radius 3 is 2.33 bits per heavy atom. The number of amides is 1. The van der Waals surface area contributed by atoms with Crippen molar-refractivity contribution in [2.75, 3.05) is 5.32 Å². The van der Waals surface area contributed by atoms with Crippen molar-refractivity contribution < 1.29 is 4.79 Å². The Bertz CT molecular complexity index is 1070. The zero-order chi connectivity index (χ0) is 16.5. The van der Waals surface area contributed by atoms with Crippen molar-refractivity contribution in [2.45, 2.75) is 0 Å². The van der Waals surface area contributed by atoms with Crippen LogP contribution in [0.15, 0.2) is 72.9 Å². The van der Waals surface area contributed by atoms with Crippen molar-refractivity contribution in [1.29, 1.82) is 0 Å². The minimum Gasteiger partial charge on any atom is -0.364 e. The summed E-state index contributed by atoms with van der Waals surface area (Å²) in [6.45, 7) is 0. The molecule has 4 heteroatoms. The predicted molar refractivity (Wildman–Crippen MR) is 97.5 cm³/mol. The molecule has 24 heavy (non-hydrogen) atoms. The van der Waals surface area contributed by atoms with E-state index >= 15 is 0 Å². The molecule has 0 aliphatic rings. The van der Waals surface area contributed by atoms with Gasteiger partial charge in [0.05, 0.1) is 5.69 Å². The molecule has 1 heterocycles. The number of carbonyl (C=O) groups excluding carboxylic acids is 1. The summed E-state index contributed by atoms with van der Waals surface area (Å²) in [5.74, 6) is -0.552. The van der Waals surface area contributed by atoms with Crippen molar-refractivity contribution in [1.82, 2.24) is 4.98 Å². The predicted octanol–water partition coefficient (Wildman–Crippen LogP) is 4.23. The summed E-state index contributed by atoms with van der Waals surface area (Å²) < 4.78 is 0. The number of anilines is 2. The Kier molecular flexibility index (Phi) is 3.35. The number of benzene rings is 3. The Hall–Kier alpha value is -3.40. The van der Waals surface area contributed by atoms with E-state index in [1.165, 1.54) is 10.8 Å². The van der Waals surface area contributed by atoms with Crippen molar-refractivity contribution in [3.05, 3.63) is 78.6 Å². The fraction of sp³-hybridized carbons (Fsp3) is 0. The first-order valence-corrected chi connectivity index (χ1v) is 7.66. The van der Waals surface area contributed by atoms with Crippen LogP contribution in [0.5, 0.6) is 0 Å². The van der Waals surface area contributed by atoms with Crippen LogP contribution >= 0.6 is 0 Å². The minimum absolute atomic E-state index is 0.232. The second-order valence-electron chi connectivity index (χ2n) is 5.61. The number of nitrogens with two attached hydrogens (primary N) is 1. The van der Waals surface area contributed by atoms with Crippen LogP contribution in [0.4, 0.5) is 11.4 Å². The quantitative estimate of drug-likeness (QED) is 0.556. The molecule has 0 unspecified atom stereocenters. The van der Waals surface area contributed by atoms with Crippen molar-refractivity contribution in [3.63, 3.8) is 0 Å². The first-order chi connectivity index (χ1) is 11.7. The smallest absolute Gasteiger partial charge is 0.269 e. The number of primary amides is 1. The number of fused-ring (bicyclic) bond motifs is 2. The lowest BCUT2D eigenvalue weighted by molar-refractivity contribution is 0.0996. The van der Waals surface area contributed by atoms with Gasteiger partial charge >= 0.3 is 0 Å². The van der Waals surface area contributed by atoms with E-state index < -0.39 is 5.91 Å². The molecule has 0 saturated heterocycles. The third-order valence-corrected chi connectivity index (χ3v) is 4.06. The van der Waals surface area contributed by atoms with E-state index in [0.717, 1.165) is 16.5 Å². The van der Waals surface area contributed by atoms with E-state index in [2.05, 4.69) is 40.6 Å². The van der Waals surface area contributed by atoms with E-state index in [1.54, 1.807) is 18.3 Å². The molecule has 0 saturated carbocycles. The lowest BCUT2D eigenvalue weighted by atomic mass is 10.0. The molecule has 0 bridgehead atoms. The molecule has 0 radical (unpaired) electrons. The molecular formula is C20H15N3O. The number of hydrogen-bond acceptors (Lipinski definition) is 3. The lowest BCUT2D eigenvalue weighted by Crippen LogP contribution is -2.15. The Morgan fingerprint density at radius 2 is 1.54 bits per heavy atom. The largest absolute Gasteiger partial charge is 0.364 e. The van der Waals surface area contributed by atoms with Crippen LogP contribution in [0.3, 0.4) is 0 Å². The van der Waals surface area contributed by atoms with Gasteiger partial charge in [0.1, 0.15) is 0 Å². The van der Waals surface area contributed by atoms with Crippen LogP contribution in [0.1, 0.15) is 10.5 Å². The minimum atomic E-state index is -0.552. The van der Waals surface area contributed by atoms with Gasteiger partial charge in [-0.05, 0) is 46.5 Å². The molecule has 3 N–H and O–H groups in total. The number of nitrogens with one attached hydrogen (secondary N) is 1. The normalized spacial score (nSPS) is 10.8. The Morgan fingerprint density at radius 1 is 0.833 bits per heavy atom. The zero-order valence-corrected chi connectivity index (χ0v) is 12.9. The summed E-state index contributed by atoms with van der Waals surface area (Å²) in [5.41, 5.74) is 7.16. The number of carbonyl (C=O) groups is 1. The van der Waals surface area contributed by atoms with Gasteiger partial charge in [-0.2, -0.15) is 0 Å². The van der Waals surface area contributed by atoms with Gasteiger partial charge in [0.2, 0.25) is 0 Å². The van der Waals surface area contributed by atoms with E-state index in [4.69, 9.17) is 5.73 Å². The van der Waals surface area contributed by atoms with Gasteiger partial charge in [0.25, 0.3) is 5.91 Å². The van der Waals surface area contributed by atoms with Gasteiger partial charge in [-0.25, -0.2) is 4.98 Å². The molecule has 4 nitrogen and oxygen atoms in total. The highest BCUT2D eigenvalue weighted by Crippen LogP contribution is 2.30. The molecule has 4 rings (SSSR count). The fourth-order valence-electron chi connectivity index (χ4n) is 2.92. The SMILES string of the molecule is NC(=O)c1ncccc1Nc1cccc2cc3ccccc3cc12. The van der Waals surface area contributed by atoms with Crippen LogP contribution < -0.4 is 11.1 Å². The van der Waals surface area contributed by atoms with E-state index in [-0.39, 0.29) is 5.69 Å². The number of nitrogens with zero attached hydrogens (tertiary/aromatic N) is 1. The van der Waals surface area contributed by atoms with Gasteiger partial charge in [-0.15, -0.1) is 0 Å². The average molecular weight is 313 g/mol. The third-order valence-electron chi connectivity index (χ3n) is 4.06. The molecular weight excluding hydrogens is 298 g/mol. The monoisotopic (exact) mass is 313 g/mol. The molecule has 3 aromatic carbocycles. The summed E-state index contributed by atoms with van der Waals surface area (Å²) in [7, 11) is 0. The molecule has 116 valence electrons. The molecule has 0 aliphatic carbocycles. The molecule has 1 aromatic heterocycles. The third kappa shape index (κ3) is 2.44. The van der Waals surface area contributed by atoms with Crippen LogP contribution in [-0.2, 0) is 0 Å². The number of pyridine rings is 1. The summed E-state index contributed by atoms with van der Waals surface area (Å²) in [6, 6.07) is 22.2. The molecule has 0 fully saturated rings. The van der Waals surface area contributed by atoms with Gasteiger partial charge in [0, 0.05) is 17.3 Å². The second-order valence-corrected chi connectivity index (χ2v) is 5.61. The standard InChI is InChI=1S/C20H15N3O/c21-20(24)19-18(9-4-10-22-19)23-17-8-3-7-15-11-13-5-1-2-6-14(13)12-16(15)17/h1-12,23H,(H2,21,24). The van der Waals surface area contributed by atoms with Crippen LogP contribution in [0.25, 0.3) is 21.5 Å². The van der Waals surface area contributed by atoms with Gasteiger partial charge in [0.15, 0.2) is 5.69 Å². The van der Waals surface area contributed by atoms with Crippen LogP contribution in [-0.4, -0.2) is 10.9 Å². The first-order valence-electron chi connectivity index (χ1n) is 7.66. The topological polar surface area (TPSA) is 68.0 Å². The highest BCUT2D eigenvalue weighted by molar-refractivity contribution is 6.05. The van der Waals surface area contributed by atoms with Crippen molar-refractivity contribution in [3.8, 4) is 0 Å². The van der Waals surface area contributed by atoms with Crippen molar-refractivity contribution >= 4 is 38.8 Å². The summed E-state index contributed by atoms with van der Waals surface area (Å²) in [4.78, 5) is 15.6. The van der Waals surface area contributed by atoms with Crippen molar-refractivity contribution in [2.24, 2.45) is 5.73 Å². The molecule has 0 aliphatic heterocycles. The summed E-state index contributed by atoms with van der Waals surface area (Å²) >= 11 is 0. The zero-order valence-electron chi connectivity index (χ0n) is 12.9. The van der Waals surface area contributed by atoms with Gasteiger partial charge < -0.3 is 11.1 Å². The maximum atomic E-state index is 11.6. The Balaban J connectivity index is 1.88. The number of rotatable bonds is 3. The van der Waals surface area contributed by atoms with Crippen LogP contribution in [0, 0.1) is 0 Å². The highest BCUT2D eigenvalue weighted by atomic mass is 16.1. The maximum Gasteiger partial charge on any atom is 0.269 e. The number of hydrogen-bond donors (Lipinski definition) is 2. The second kappa shape index (κ2) is 5.66. The maximum absolute atomic E-state index is 11.6. The lowest BCUT2D eigenvalue weighted by Gasteiger charge is -2.12. The fourth-order valence-corrected chi connectivity index (χ4v) is 2.92. The average Bonchev–Trinajstić information content (AvgIpc) is 2.61. The highest BCUT2D eigenvalue weighted by Gasteiger charge is 2.10.